The number of carboxylic acid groups (broad SMARTS) is 1. The predicted octanol–water partition coefficient (Wildman–Crippen LogP) is 0.974. The molecule has 1 unspecified atom stereocenters. The van der Waals surface area contributed by atoms with Crippen molar-refractivity contribution in [3.05, 3.63) is 35.4 Å². The maximum Gasteiger partial charge on any atom is 0.335 e. The number of amides is 1. The monoisotopic (exact) mass is 193 g/mol. The van der Waals surface area contributed by atoms with Crippen molar-refractivity contribution in [2.75, 3.05) is 0 Å². The van der Waals surface area contributed by atoms with Gasteiger partial charge in [-0.3, -0.25) is 4.79 Å². The highest BCUT2D eigenvalue weighted by atomic mass is 16.4. The van der Waals surface area contributed by atoms with Crippen molar-refractivity contribution >= 4 is 11.9 Å². The molecule has 1 aromatic rings. The summed E-state index contributed by atoms with van der Waals surface area (Å²) in [5.41, 5.74) is 6.03. The van der Waals surface area contributed by atoms with E-state index in [4.69, 9.17) is 10.8 Å². The number of nitrogens with two attached hydrogens (primary N) is 1. The van der Waals surface area contributed by atoms with Crippen LogP contribution >= 0.6 is 0 Å². The average molecular weight is 193 g/mol. The lowest BCUT2D eigenvalue weighted by atomic mass is 9.99. The predicted molar refractivity (Wildman–Crippen MR) is 51.0 cm³/mol. The molecule has 0 aliphatic carbocycles. The number of rotatable bonds is 3. The molecule has 0 aliphatic heterocycles. The van der Waals surface area contributed by atoms with Gasteiger partial charge in [0.2, 0.25) is 5.91 Å². The Balaban J connectivity index is 2.94. The van der Waals surface area contributed by atoms with Crippen LogP contribution in [0.2, 0.25) is 0 Å². The van der Waals surface area contributed by atoms with Gasteiger partial charge in [0, 0.05) is 0 Å². The minimum Gasteiger partial charge on any atom is -0.478 e. The number of primary amides is 1. The van der Waals surface area contributed by atoms with Crippen molar-refractivity contribution in [1.82, 2.24) is 0 Å². The van der Waals surface area contributed by atoms with Gasteiger partial charge < -0.3 is 10.8 Å². The van der Waals surface area contributed by atoms with Crippen LogP contribution in [0.15, 0.2) is 24.3 Å². The van der Waals surface area contributed by atoms with Crippen LogP contribution in [-0.2, 0) is 4.79 Å². The third kappa shape index (κ3) is 2.10. The number of hydrogen-bond donors (Lipinski definition) is 2. The summed E-state index contributed by atoms with van der Waals surface area (Å²) in [4.78, 5) is 21.3. The molecule has 1 aromatic carbocycles. The van der Waals surface area contributed by atoms with E-state index < -0.39 is 17.8 Å². The average Bonchev–Trinajstić information content (AvgIpc) is 2.16. The number of benzene rings is 1. The first kappa shape index (κ1) is 10.2. The Labute approximate surface area is 81.3 Å². The van der Waals surface area contributed by atoms with Gasteiger partial charge in [0.25, 0.3) is 0 Å². The van der Waals surface area contributed by atoms with E-state index in [1.165, 1.54) is 12.1 Å². The van der Waals surface area contributed by atoms with E-state index in [0.717, 1.165) is 5.56 Å². The zero-order valence-corrected chi connectivity index (χ0v) is 7.73. The summed E-state index contributed by atoms with van der Waals surface area (Å²) in [6, 6.07) is 6.10. The molecular weight excluding hydrogens is 182 g/mol. The van der Waals surface area contributed by atoms with Crippen molar-refractivity contribution in [3.8, 4) is 0 Å². The summed E-state index contributed by atoms with van der Waals surface area (Å²) in [5, 5.41) is 8.63. The summed E-state index contributed by atoms with van der Waals surface area (Å²) in [5.74, 6) is -1.80. The third-order valence-electron chi connectivity index (χ3n) is 2.08. The van der Waals surface area contributed by atoms with E-state index in [2.05, 4.69) is 0 Å². The summed E-state index contributed by atoms with van der Waals surface area (Å²) >= 11 is 0. The van der Waals surface area contributed by atoms with E-state index in [-0.39, 0.29) is 5.56 Å². The Hall–Kier alpha value is -1.84. The molecule has 0 bridgehead atoms. The Kier molecular flexibility index (Phi) is 2.86. The van der Waals surface area contributed by atoms with Crippen molar-refractivity contribution in [2.45, 2.75) is 12.8 Å². The smallest absolute Gasteiger partial charge is 0.335 e. The maximum absolute atomic E-state index is 10.8. The zero-order chi connectivity index (χ0) is 10.7. The van der Waals surface area contributed by atoms with Crippen LogP contribution in [0.1, 0.15) is 28.8 Å². The molecule has 74 valence electrons. The fraction of sp³-hybridized carbons (Fsp3) is 0.200. The molecule has 1 amide bonds. The van der Waals surface area contributed by atoms with Crippen LogP contribution < -0.4 is 5.73 Å². The third-order valence-corrected chi connectivity index (χ3v) is 2.08. The summed E-state index contributed by atoms with van der Waals surface area (Å²) < 4.78 is 0. The summed E-state index contributed by atoms with van der Waals surface area (Å²) in [7, 11) is 0. The first-order chi connectivity index (χ1) is 6.52. The number of hydrogen-bond acceptors (Lipinski definition) is 2. The van der Waals surface area contributed by atoms with Crippen LogP contribution in [0.25, 0.3) is 0 Å². The van der Waals surface area contributed by atoms with Crippen LogP contribution in [0, 0.1) is 0 Å². The Morgan fingerprint density at radius 3 is 2.14 bits per heavy atom. The van der Waals surface area contributed by atoms with Crippen LogP contribution in [-0.4, -0.2) is 17.0 Å². The Morgan fingerprint density at radius 2 is 1.79 bits per heavy atom. The van der Waals surface area contributed by atoms with Crippen LogP contribution in [0.5, 0.6) is 0 Å². The van der Waals surface area contributed by atoms with E-state index in [9.17, 15) is 9.59 Å². The molecule has 0 saturated carbocycles. The molecule has 0 saturated heterocycles. The number of carbonyl (C=O) groups is 2. The van der Waals surface area contributed by atoms with Crippen LogP contribution in [0.4, 0.5) is 0 Å². The SMILES string of the molecule is CC(C(N)=O)c1ccc(C(=O)O)cc1. The molecule has 0 radical (unpaired) electrons. The lowest BCUT2D eigenvalue weighted by molar-refractivity contribution is -0.119. The van der Waals surface area contributed by atoms with Gasteiger partial charge >= 0.3 is 5.97 Å². The van der Waals surface area contributed by atoms with Crippen molar-refractivity contribution in [1.29, 1.82) is 0 Å². The van der Waals surface area contributed by atoms with Gasteiger partial charge in [0.05, 0.1) is 11.5 Å². The first-order valence-electron chi connectivity index (χ1n) is 4.15. The molecular formula is C10H11NO3. The van der Waals surface area contributed by atoms with Crippen molar-refractivity contribution in [2.24, 2.45) is 5.73 Å². The highest BCUT2D eigenvalue weighted by Crippen LogP contribution is 2.15. The summed E-state index contributed by atoms with van der Waals surface area (Å²) in [6.07, 6.45) is 0. The number of carbonyl (C=O) groups excluding carboxylic acids is 1. The second kappa shape index (κ2) is 3.91. The standard InChI is InChI=1S/C10H11NO3/c1-6(9(11)12)7-2-4-8(5-3-7)10(13)14/h2-6H,1H3,(H2,11,12)(H,13,14). The molecule has 4 heteroatoms. The lowest BCUT2D eigenvalue weighted by Crippen LogP contribution is -2.18. The molecule has 0 fully saturated rings. The minimum absolute atomic E-state index is 0.199. The quantitative estimate of drug-likeness (QED) is 0.750. The Morgan fingerprint density at radius 1 is 1.29 bits per heavy atom. The molecule has 0 heterocycles. The Bertz CT molecular complexity index is 356. The topological polar surface area (TPSA) is 80.4 Å². The van der Waals surface area contributed by atoms with Gasteiger partial charge in [-0.1, -0.05) is 12.1 Å². The van der Waals surface area contributed by atoms with E-state index in [1.54, 1.807) is 19.1 Å². The largest absolute Gasteiger partial charge is 0.478 e. The lowest BCUT2D eigenvalue weighted by Gasteiger charge is -2.06. The fourth-order valence-corrected chi connectivity index (χ4v) is 1.08. The van der Waals surface area contributed by atoms with E-state index >= 15 is 0 Å². The van der Waals surface area contributed by atoms with Crippen molar-refractivity contribution < 1.29 is 14.7 Å². The molecule has 1 rings (SSSR count). The molecule has 1 atom stereocenters. The normalized spacial score (nSPS) is 12.1. The maximum atomic E-state index is 10.8. The zero-order valence-electron chi connectivity index (χ0n) is 7.73. The van der Waals surface area contributed by atoms with Gasteiger partial charge in [-0.15, -0.1) is 0 Å². The highest BCUT2D eigenvalue weighted by Gasteiger charge is 2.11. The highest BCUT2D eigenvalue weighted by molar-refractivity contribution is 5.88. The molecule has 0 aromatic heterocycles. The molecule has 0 spiro atoms. The van der Waals surface area contributed by atoms with Crippen LogP contribution in [0.3, 0.4) is 0 Å². The van der Waals surface area contributed by atoms with Crippen molar-refractivity contribution in [3.63, 3.8) is 0 Å². The second-order valence-corrected chi connectivity index (χ2v) is 3.05. The number of carboxylic acids is 1. The first-order valence-corrected chi connectivity index (χ1v) is 4.15. The van der Waals surface area contributed by atoms with Gasteiger partial charge in [0.15, 0.2) is 0 Å². The fourth-order valence-electron chi connectivity index (χ4n) is 1.08. The van der Waals surface area contributed by atoms with Gasteiger partial charge in [0.1, 0.15) is 0 Å². The number of aromatic carboxylic acids is 1. The molecule has 4 nitrogen and oxygen atoms in total. The molecule has 0 aliphatic rings. The minimum atomic E-state index is -0.983. The van der Waals surface area contributed by atoms with Gasteiger partial charge in [-0.25, -0.2) is 4.79 Å². The van der Waals surface area contributed by atoms with E-state index in [0.29, 0.717) is 0 Å². The van der Waals surface area contributed by atoms with E-state index in [1.807, 2.05) is 0 Å². The molecule has 14 heavy (non-hydrogen) atoms. The van der Waals surface area contributed by atoms with Gasteiger partial charge in [-0.2, -0.15) is 0 Å². The second-order valence-electron chi connectivity index (χ2n) is 3.05. The molecule has 3 N–H and O–H groups in total. The van der Waals surface area contributed by atoms with Gasteiger partial charge in [-0.05, 0) is 24.6 Å². The summed E-state index contributed by atoms with van der Waals surface area (Å²) in [6.45, 7) is 1.68.